The summed E-state index contributed by atoms with van der Waals surface area (Å²) in [6.45, 7) is 1.19. The molecule has 2 aromatic rings. The fraction of sp³-hybridized carbons (Fsp3) is 0.278. The van der Waals surface area contributed by atoms with E-state index < -0.39 is 4.92 Å². The predicted molar refractivity (Wildman–Crippen MR) is 109 cm³/mol. The molecule has 0 aromatic heterocycles. The number of nitro benzene ring substituents is 1. The summed E-state index contributed by atoms with van der Waals surface area (Å²) >= 11 is 0. The number of hydrogen-bond acceptors (Lipinski definition) is 3. The molecular weight excluding hydrogens is 431 g/mol. The quantitative estimate of drug-likeness (QED) is 0.231. The molecule has 0 radical (unpaired) electrons. The van der Waals surface area contributed by atoms with E-state index in [4.69, 9.17) is 0 Å². The Bertz CT molecular complexity index is 716. The minimum absolute atomic E-state index is 0. The van der Waals surface area contributed by atoms with Gasteiger partial charge in [-0.1, -0.05) is 42.5 Å². The van der Waals surface area contributed by atoms with Crippen LogP contribution in [0.2, 0.25) is 0 Å². The standard InChI is InChI=1S/C18H20N4O2.HI/c23-22(24)17-10-6-15(7-11-17)13-20-18(21-16-8-9-16)19-12-14-4-2-1-3-5-14;/h1-7,10-11,16H,8-9,12-13H2,(H2,19,20,21);1H. The number of non-ortho nitro benzene ring substituents is 1. The molecule has 6 nitrogen and oxygen atoms in total. The number of benzene rings is 2. The molecular formula is C18H21IN4O2. The molecule has 0 heterocycles. The summed E-state index contributed by atoms with van der Waals surface area (Å²) in [6.07, 6.45) is 2.34. The lowest BCUT2D eigenvalue weighted by molar-refractivity contribution is -0.384. The van der Waals surface area contributed by atoms with E-state index in [2.05, 4.69) is 27.8 Å². The van der Waals surface area contributed by atoms with Crippen molar-refractivity contribution in [2.75, 3.05) is 0 Å². The Labute approximate surface area is 163 Å². The molecule has 1 fully saturated rings. The zero-order chi connectivity index (χ0) is 16.8. The minimum atomic E-state index is -0.390. The third-order valence-electron chi connectivity index (χ3n) is 3.79. The van der Waals surface area contributed by atoms with Gasteiger partial charge in [0.05, 0.1) is 11.5 Å². The van der Waals surface area contributed by atoms with E-state index in [1.807, 2.05) is 18.2 Å². The number of nitrogens with one attached hydrogen (secondary N) is 2. The van der Waals surface area contributed by atoms with Gasteiger partial charge >= 0.3 is 0 Å². The van der Waals surface area contributed by atoms with Gasteiger partial charge in [0.25, 0.3) is 5.69 Å². The molecule has 0 spiro atoms. The molecule has 0 unspecified atom stereocenters. The van der Waals surface area contributed by atoms with Crippen molar-refractivity contribution in [1.82, 2.24) is 10.6 Å². The normalized spacial score (nSPS) is 13.7. The van der Waals surface area contributed by atoms with Crippen LogP contribution in [-0.2, 0) is 13.1 Å². The first-order chi connectivity index (χ1) is 11.7. The van der Waals surface area contributed by atoms with Crippen molar-refractivity contribution in [3.63, 3.8) is 0 Å². The SMILES string of the molecule is I.O=[N+]([O-])c1ccc(CNC(=NCc2ccccc2)NC2CC2)cc1. The Hall–Kier alpha value is -2.16. The molecule has 132 valence electrons. The van der Waals surface area contributed by atoms with E-state index in [9.17, 15) is 10.1 Å². The van der Waals surface area contributed by atoms with Gasteiger partial charge in [0.15, 0.2) is 5.96 Å². The van der Waals surface area contributed by atoms with Crippen LogP contribution in [0.3, 0.4) is 0 Å². The molecule has 0 atom stereocenters. The smallest absolute Gasteiger partial charge is 0.269 e. The van der Waals surface area contributed by atoms with Crippen molar-refractivity contribution in [2.24, 2.45) is 4.99 Å². The van der Waals surface area contributed by atoms with Crippen molar-refractivity contribution >= 4 is 35.6 Å². The number of hydrogen-bond donors (Lipinski definition) is 2. The highest BCUT2D eigenvalue weighted by molar-refractivity contribution is 14.0. The Morgan fingerprint density at radius 2 is 1.76 bits per heavy atom. The van der Waals surface area contributed by atoms with E-state index in [0.717, 1.165) is 17.1 Å². The summed E-state index contributed by atoms with van der Waals surface area (Å²) in [5.41, 5.74) is 2.24. The zero-order valence-corrected chi connectivity index (χ0v) is 16.1. The van der Waals surface area contributed by atoms with Crippen LogP contribution >= 0.6 is 24.0 Å². The lowest BCUT2D eigenvalue weighted by Gasteiger charge is -2.12. The first-order valence-electron chi connectivity index (χ1n) is 8.03. The molecule has 1 saturated carbocycles. The second kappa shape index (κ2) is 9.36. The first-order valence-corrected chi connectivity index (χ1v) is 8.03. The van der Waals surface area contributed by atoms with E-state index in [1.54, 1.807) is 12.1 Å². The largest absolute Gasteiger partial charge is 0.354 e. The minimum Gasteiger partial charge on any atom is -0.354 e. The van der Waals surface area contributed by atoms with Gasteiger partial charge in [-0.3, -0.25) is 10.1 Å². The van der Waals surface area contributed by atoms with Crippen molar-refractivity contribution < 1.29 is 4.92 Å². The molecule has 2 aromatic carbocycles. The van der Waals surface area contributed by atoms with E-state index >= 15 is 0 Å². The van der Waals surface area contributed by atoms with Crippen LogP contribution in [0.15, 0.2) is 59.6 Å². The number of guanidine groups is 1. The molecule has 1 aliphatic carbocycles. The van der Waals surface area contributed by atoms with Crippen molar-refractivity contribution in [1.29, 1.82) is 0 Å². The number of aliphatic imine (C=N–C) groups is 1. The Morgan fingerprint density at radius 1 is 1.08 bits per heavy atom. The monoisotopic (exact) mass is 452 g/mol. The summed E-state index contributed by atoms with van der Waals surface area (Å²) < 4.78 is 0. The summed E-state index contributed by atoms with van der Waals surface area (Å²) in [5, 5.41) is 17.4. The Kier molecular flexibility index (Phi) is 7.17. The molecule has 25 heavy (non-hydrogen) atoms. The van der Waals surface area contributed by atoms with Gasteiger partial charge < -0.3 is 10.6 Å². The van der Waals surface area contributed by atoms with E-state index in [0.29, 0.717) is 19.1 Å². The predicted octanol–water partition coefficient (Wildman–Crippen LogP) is 3.61. The fourth-order valence-electron chi connectivity index (χ4n) is 2.25. The summed E-state index contributed by atoms with van der Waals surface area (Å²) in [6, 6.07) is 17.2. The molecule has 3 rings (SSSR count). The van der Waals surface area contributed by atoms with Gasteiger partial charge in [-0.15, -0.1) is 24.0 Å². The average molecular weight is 452 g/mol. The zero-order valence-electron chi connectivity index (χ0n) is 13.7. The van der Waals surface area contributed by atoms with Crippen LogP contribution in [0.4, 0.5) is 5.69 Å². The van der Waals surface area contributed by atoms with E-state index in [-0.39, 0.29) is 29.7 Å². The second-order valence-corrected chi connectivity index (χ2v) is 5.85. The lowest BCUT2D eigenvalue weighted by Crippen LogP contribution is -2.38. The third kappa shape index (κ3) is 6.33. The first kappa shape index (κ1) is 19.2. The molecule has 1 aliphatic rings. The number of rotatable bonds is 6. The van der Waals surface area contributed by atoms with Crippen LogP contribution in [-0.4, -0.2) is 16.9 Å². The number of halogens is 1. The molecule has 0 bridgehead atoms. The average Bonchev–Trinajstić information content (AvgIpc) is 3.42. The highest BCUT2D eigenvalue weighted by Gasteiger charge is 2.22. The highest BCUT2D eigenvalue weighted by atomic mass is 127. The maximum absolute atomic E-state index is 10.7. The summed E-state index contributed by atoms with van der Waals surface area (Å²) in [7, 11) is 0. The molecule has 2 N–H and O–H groups in total. The topological polar surface area (TPSA) is 79.6 Å². The van der Waals surface area contributed by atoms with Crippen LogP contribution in [0.5, 0.6) is 0 Å². The van der Waals surface area contributed by atoms with Crippen molar-refractivity contribution in [3.8, 4) is 0 Å². The van der Waals surface area contributed by atoms with Gasteiger partial charge in [0.2, 0.25) is 0 Å². The summed E-state index contributed by atoms with van der Waals surface area (Å²) in [4.78, 5) is 14.9. The van der Waals surface area contributed by atoms with Crippen LogP contribution in [0, 0.1) is 10.1 Å². The molecule has 0 amide bonds. The van der Waals surface area contributed by atoms with Crippen LogP contribution in [0.25, 0.3) is 0 Å². The third-order valence-corrected chi connectivity index (χ3v) is 3.79. The maximum atomic E-state index is 10.7. The molecule has 0 saturated heterocycles. The Morgan fingerprint density at radius 3 is 2.36 bits per heavy atom. The van der Waals surface area contributed by atoms with Crippen molar-refractivity contribution in [3.05, 3.63) is 75.8 Å². The van der Waals surface area contributed by atoms with E-state index in [1.165, 1.54) is 25.0 Å². The second-order valence-electron chi connectivity index (χ2n) is 5.85. The van der Waals surface area contributed by atoms with Crippen LogP contribution < -0.4 is 10.6 Å². The molecule has 0 aliphatic heterocycles. The lowest BCUT2D eigenvalue weighted by atomic mass is 10.2. The van der Waals surface area contributed by atoms with Gasteiger partial charge in [-0.2, -0.15) is 0 Å². The van der Waals surface area contributed by atoms with Gasteiger partial charge in [0.1, 0.15) is 0 Å². The fourth-order valence-corrected chi connectivity index (χ4v) is 2.25. The molecule has 7 heteroatoms. The van der Waals surface area contributed by atoms with Gasteiger partial charge in [0, 0.05) is 24.7 Å². The number of nitro groups is 1. The Balaban J connectivity index is 0.00000225. The van der Waals surface area contributed by atoms with Crippen molar-refractivity contribution in [2.45, 2.75) is 32.0 Å². The summed E-state index contributed by atoms with van der Waals surface area (Å²) in [5.74, 6) is 0.778. The van der Waals surface area contributed by atoms with Gasteiger partial charge in [-0.25, -0.2) is 4.99 Å². The van der Waals surface area contributed by atoms with Gasteiger partial charge in [-0.05, 0) is 24.0 Å². The maximum Gasteiger partial charge on any atom is 0.269 e. The van der Waals surface area contributed by atoms with Crippen LogP contribution in [0.1, 0.15) is 24.0 Å². The highest BCUT2D eigenvalue weighted by Crippen LogP contribution is 2.18. The number of nitrogens with zero attached hydrogens (tertiary/aromatic N) is 2.